The molecule has 4 rings (SSSR count). The number of rotatable bonds is 4. The van der Waals surface area contributed by atoms with Gasteiger partial charge in [0.2, 0.25) is 0 Å². The number of aromatic hydroxyl groups is 1. The number of hydrogen-bond donors (Lipinski definition) is 3. The fraction of sp³-hybridized carbons (Fsp3) is 0.235. The van der Waals surface area contributed by atoms with E-state index in [1.54, 1.807) is 24.5 Å². The Bertz CT molecular complexity index is 928. The van der Waals surface area contributed by atoms with Crippen molar-refractivity contribution in [1.29, 1.82) is 0 Å². The normalized spacial score (nSPS) is 15.4. The third kappa shape index (κ3) is 2.53. The molecule has 0 radical (unpaired) electrons. The largest absolute Gasteiger partial charge is 0.507 e. The number of aliphatic hydroxyl groups is 1. The van der Waals surface area contributed by atoms with Crippen molar-refractivity contribution in [2.24, 2.45) is 0 Å². The van der Waals surface area contributed by atoms with Gasteiger partial charge in [-0.3, -0.25) is 4.98 Å². The van der Waals surface area contributed by atoms with Crippen LogP contribution in [0.15, 0.2) is 36.7 Å². The second-order valence-electron chi connectivity index (χ2n) is 6.04. The van der Waals surface area contributed by atoms with Crippen LogP contribution in [0.5, 0.6) is 5.75 Å². The van der Waals surface area contributed by atoms with E-state index in [0.717, 1.165) is 23.6 Å². The molecule has 2 heterocycles. The molecule has 122 valence electrons. The molecule has 0 amide bonds. The molecule has 0 spiro atoms. The molecule has 0 bridgehead atoms. The zero-order chi connectivity index (χ0) is 16.7. The third-order valence-corrected chi connectivity index (χ3v) is 4.57. The molecule has 1 aliphatic carbocycles. The Kier molecular flexibility index (Phi) is 3.51. The molecule has 2 aromatic heterocycles. The SMILES string of the molecule is OCC1(Nc2nnc(-c3ccc(Cl)cc3O)c3ccncc23)CC1. The monoisotopic (exact) mass is 342 g/mol. The molecule has 7 heteroatoms. The topological polar surface area (TPSA) is 91.2 Å². The minimum absolute atomic E-state index is 0.0460. The van der Waals surface area contributed by atoms with E-state index in [9.17, 15) is 10.2 Å². The van der Waals surface area contributed by atoms with E-state index in [4.69, 9.17) is 11.6 Å². The molecule has 0 aliphatic heterocycles. The number of aliphatic hydroxyl groups excluding tert-OH is 1. The van der Waals surface area contributed by atoms with Crippen molar-refractivity contribution in [1.82, 2.24) is 15.2 Å². The number of phenols is 1. The van der Waals surface area contributed by atoms with Crippen LogP contribution in [-0.4, -0.2) is 37.5 Å². The number of aromatic nitrogens is 3. The summed E-state index contributed by atoms with van der Waals surface area (Å²) in [6.07, 6.45) is 5.17. The van der Waals surface area contributed by atoms with Crippen LogP contribution in [0.3, 0.4) is 0 Å². The van der Waals surface area contributed by atoms with Crippen LogP contribution < -0.4 is 5.32 Å². The van der Waals surface area contributed by atoms with Crippen molar-refractivity contribution in [3.8, 4) is 17.0 Å². The van der Waals surface area contributed by atoms with E-state index in [0.29, 0.717) is 22.1 Å². The first kappa shape index (κ1) is 15.1. The summed E-state index contributed by atoms with van der Waals surface area (Å²) in [5.74, 6) is 0.631. The summed E-state index contributed by atoms with van der Waals surface area (Å²) in [5, 5.41) is 33.6. The first-order valence-corrected chi connectivity index (χ1v) is 7.98. The fourth-order valence-electron chi connectivity index (χ4n) is 2.72. The van der Waals surface area contributed by atoms with Crippen molar-refractivity contribution in [2.45, 2.75) is 18.4 Å². The van der Waals surface area contributed by atoms with E-state index in [2.05, 4.69) is 20.5 Å². The molecule has 0 atom stereocenters. The average molecular weight is 343 g/mol. The molecule has 0 saturated heterocycles. The molecule has 3 aromatic rings. The van der Waals surface area contributed by atoms with Crippen LogP contribution in [0.25, 0.3) is 22.0 Å². The predicted molar refractivity (Wildman–Crippen MR) is 92.1 cm³/mol. The van der Waals surface area contributed by atoms with Gasteiger partial charge < -0.3 is 15.5 Å². The summed E-state index contributed by atoms with van der Waals surface area (Å²) < 4.78 is 0. The lowest BCUT2D eigenvalue weighted by molar-refractivity contribution is 0.266. The van der Waals surface area contributed by atoms with Gasteiger partial charge in [-0.2, -0.15) is 0 Å². The third-order valence-electron chi connectivity index (χ3n) is 4.34. The first-order valence-electron chi connectivity index (χ1n) is 7.60. The Balaban J connectivity index is 1.87. The van der Waals surface area contributed by atoms with Gasteiger partial charge in [-0.1, -0.05) is 11.6 Å². The number of pyridine rings is 1. The fourth-order valence-corrected chi connectivity index (χ4v) is 2.88. The maximum absolute atomic E-state index is 10.2. The van der Waals surface area contributed by atoms with Gasteiger partial charge in [0.25, 0.3) is 0 Å². The second-order valence-corrected chi connectivity index (χ2v) is 6.48. The summed E-state index contributed by atoms with van der Waals surface area (Å²) in [5.41, 5.74) is 0.806. The lowest BCUT2D eigenvalue weighted by atomic mass is 10.1. The van der Waals surface area contributed by atoms with Gasteiger partial charge in [-0.15, -0.1) is 10.2 Å². The first-order chi connectivity index (χ1) is 11.6. The second kappa shape index (κ2) is 5.58. The summed E-state index contributed by atoms with van der Waals surface area (Å²) >= 11 is 5.90. The van der Waals surface area contributed by atoms with Crippen molar-refractivity contribution < 1.29 is 10.2 Å². The Morgan fingerprint density at radius 1 is 1.17 bits per heavy atom. The van der Waals surface area contributed by atoms with E-state index >= 15 is 0 Å². The lowest BCUT2D eigenvalue weighted by Gasteiger charge is -2.17. The molecule has 1 saturated carbocycles. The standard InChI is InChI=1S/C17H15ClN4O2/c18-10-1-2-12(14(24)7-10)15-11-3-6-19-8-13(11)16(22-21-15)20-17(9-23)4-5-17/h1-3,6-8,23-24H,4-5,9H2,(H,20,22). The quantitative estimate of drug-likeness (QED) is 0.675. The number of phenolic OH excluding ortho intramolecular Hbond substituents is 1. The molecule has 6 nitrogen and oxygen atoms in total. The lowest BCUT2D eigenvalue weighted by Crippen LogP contribution is -2.26. The average Bonchev–Trinajstić information content (AvgIpc) is 3.36. The van der Waals surface area contributed by atoms with Crippen LogP contribution in [0.1, 0.15) is 12.8 Å². The highest BCUT2D eigenvalue weighted by atomic mass is 35.5. The summed E-state index contributed by atoms with van der Waals surface area (Å²) in [6, 6.07) is 6.72. The van der Waals surface area contributed by atoms with Gasteiger partial charge in [-0.25, -0.2) is 0 Å². The van der Waals surface area contributed by atoms with E-state index in [-0.39, 0.29) is 17.9 Å². The number of benzene rings is 1. The van der Waals surface area contributed by atoms with Crippen molar-refractivity contribution in [2.75, 3.05) is 11.9 Å². The molecule has 24 heavy (non-hydrogen) atoms. The molecular formula is C17H15ClN4O2. The van der Waals surface area contributed by atoms with Gasteiger partial charge in [0, 0.05) is 33.8 Å². The van der Waals surface area contributed by atoms with Gasteiger partial charge in [0.1, 0.15) is 11.4 Å². The molecule has 1 aliphatic rings. The maximum atomic E-state index is 10.2. The summed E-state index contributed by atoms with van der Waals surface area (Å²) in [7, 11) is 0. The minimum atomic E-state index is -0.304. The van der Waals surface area contributed by atoms with Gasteiger partial charge in [-0.05, 0) is 37.1 Å². The van der Waals surface area contributed by atoms with Crippen molar-refractivity contribution in [3.63, 3.8) is 0 Å². The van der Waals surface area contributed by atoms with Gasteiger partial charge in [0.05, 0.1) is 12.1 Å². The zero-order valence-corrected chi connectivity index (χ0v) is 13.5. The number of fused-ring (bicyclic) bond motifs is 1. The van der Waals surface area contributed by atoms with E-state index in [1.807, 2.05) is 6.07 Å². The van der Waals surface area contributed by atoms with Crippen LogP contribution in [-0.2, 0) is 0 Å². The highest BCUT2D eigenvalue weighted by molar-refractivity contribution is 6.30. The summed E-state index contributed by atoms with van der Waals surface area (Å²) in [4.78, 5) is 4.17. The van der Waals surface area contributed by atoms with Crippen LogP contribution in [0.2, 0.25) is 5.02 Å². The Hall–Kier alpha value is -2.44. The number of nitrogens with one attached hydrogen (secondary N) is 1. The maximum Gasteiger partial charge on any atom is 0.158 e. The Labute approximate surface area is 143 Å². The minimum Gasteiger partial charge on any atom is -0.507 e. The van der Waals surface area contributed by atoms with Crippen molar-refractivity contribution >= 4 is 28.2 Å². The highest BCUT2D eigenvalue weighted by Crippen LogP contribution is 2.40. The smallest absolute Gasteiger partial charge is 0.158 e. The molecule has 0 unspecified atom stereocenters. The molecule has 3 N–H and O–H groups in total. The summed E-state index contributed by atoms with van der Waals surface area (Å²) in [6.45, 7) is 0.0517. The van der Waals surface area contributed by atoms with Crippen LogP contribution >= 0.6 is 11.6 Å². The van der Waals surface area contributed by atoms with Crippen molar-refractivity contribution in [3.05, 3.63) is 41.7 Å². The van der Waals surface area contributed by atoms with Gasteiger partial charge in [0.15, 0.2) is 5.82 Å². The zero-order valence-electron chi connectivity index (χ0n) is 12.7. The Morgan fingerprint density at radius 2 is 2.00 bits per heavy atom. The highest BCUT2D eigenvalue weighted by Gasteiger charge is 2.42. The molecule has 1 fully saturated rings. The molecular weight excluding hydrogens is 328 g/mol. The Morgan fingerprint density at radius 3 is 2.71 bits per heavy atom. The number of anilines is 1. The number of halogens is 1. The van der Waals surface area contributed by atoms with Crippen LogP contribution in [0.4, 0.5) is 5.82 Å². The van der Waals surface area contributed by atoms with E-state index < -0.39 is 0 Å². The molecule has 1 aromatic carbocycles. The number of nitrogens with zero attached hydrogens (tertiary/aromatic N) is 3. The van der Waals surface area contributed by atoms with E-state index in [1.165, 1.54) is 6.07 Å². The number of hydrogen-bond acceptors (Lipinski definition) is 6. The van der Waals surface area contributed by atoms with Crippen LogP contribution in [0, 0.1) is 0 Å². The van der Waals surface area contributed by atoms with Gasteiger partial charge >= 0.3 is 0 Å². The predicted octanol–water partition coefficient (Wildman–Crippen LogP) is 2.99.